The molecule has 0 N–H and O–H groups in total. The Labute approximate surface area is 60.5 Å². The van der Waals surface area contributed by atoms with Crippen molar-refractivity contribution < 1.29 is 13.5 Å². The van der Waals surface area contributed by atoms with E-state index in [1.165, 1.54) is 4.31 Å². The summed E-state index contributed by atoms with van der Waals surface area (Å²) in [6.07, 6.45) is 0.868. The molecule has 0 bridgehead atoms. The summed E-state index contributed by atoms with van der Waals surface area (Å²) < 4.78 is 22.8. The highest BCUT2D eigenvalue weighted by Gasteiger charge is 2.27. The van der Waals surface area contributed by atoms with E-state index in [0.717, 1.165) is 6.26 Å². The van der Waals surface area contributed by atoms with Crippen molar-refractivity contribution in [2.24, 2.45) is 0 Å². The van der Waals surface area contributed by atoms with Crippen molar-refractivity contribution in [3.8, 4) is 0 Å². The van der Waals surface area contributed by atoms with Gasteiger partial charge in [-0.2, -0.15) is 4.31 Å². The van der Waals surface area contributed by atoms with Crippen molar-refractivity contribution in [2.45, 2.75) is 12.5 Å². The van der Waals surface area contributed by atoms with Gasteiger partial charge in [0.25, 0.3) is 0 Å². The van der Waals surface area contributed by atoms with Gasteiger partial charge in [-0.15, -0.1) is 0 Å². The fourth-order valence-corrected chi connectivity index (χ4v) is 1.87. The molecule has 59 valence electrons. The molecule has 1 rings (SSSR count). The van der Waals surface area contributed by atoms with E-state index >= 15 is 0 Å². The Kier molecular flexibility index (Phi) is 1.98. The molecule has 1 aliphatic heterocycles. The predicted octanol–water partition coefficient (Wildman–Crippen LogP) is -0.549. The first-order valence-corrected chi connectivity index (χ1v) is 4.96. The zero-order valence-corrected chi connectivity index (χ0v) is 6.60. The van der Waals surface area contributed by atoms with Crippen LogP contribution in [0.15, 0.2) is 0 Å². The van der Waals surface area contributed by atoms with E-state index in [2.05, 4.69) is 0 Å². The van der Waals surface area contributed by atoms with Gasteiger partial charge in [-0.3, -0.25) is 0 Å². The molecule has 0 amide bonds. The van der Waals surface area contributed by atoms with Gasteiger partial charge in [0.15, 0.2) is 0 Å². The average Bonchev–Trinajstić information content (AvgIpc) is 2.11. The lowest BCUT2D eigenvalue weighted by molar-refractivity contribution is 0.102. The van der Waals surface area contributed by atoms with Gasteiger partial charge in [-0.25, -0.2) is 13.5 Å². The molecule has 0 aromatic carbocycles. The second-order valence-corrected chi connectivity index (χ2v) is 4.51. The maximum Gasteiger partial charge on any atom is 0.211 e. The second kappa shape index (κ2) is 2.48. The van der Waals surface area contributed by atoms with Crippen LogP contribution in [0.1, 0.15) is 6.42 Å². The SMILES string of the molecule is CS(=O)(=O)N1CCC([O])C1. The summed E-state index contributed by atoms with van der Waals surface area (Å²) in [5.74, 6) is 0. The van der Waals surface area contributed by atoms with E-state index in [-0.39, 0.29) is 6.54 Å². The van der Waals surface area contributed by atoms with E-state index in [0.29, 0.717) is 13.0 Å². The Morgan fingerprint density at radius 2 is 2.10 bits per heavy atom. The first kappa shape index (κ1) is 7.97. The van der Waals surface area contributed by atoms with E-state index in [1.54, 1.807) is 0 Å². The Morgan fingerprint density at radius 1 is 1.50 bits per heavy atom. The standard InChI is InChI=1S/C5H10NO3S/c1-10(8,9)6-3-2-5(7)4-6/h5H,2-4H2,1H3. The van der Waals surface area contributed by atoms with Gasteiger partial charge < -0.3 is 0 Å². The molecule has 1 fully saturated rings. The van der Waals surface area contributed by atoms with Gasteiger partial charge >= 0.3 is 0 Å². The van der Waals surface area contributed by atoms with Crippen molar-refractivity contribution in [3.05, 3.63) is 0 Å². The van der Waals surface area contributed by atoms with Crippen molar-refractivity contribution in [3.63, 3.8) is 0 Å². The summed E-state index contributed by atoms with van der Waals surface area (Å²) in [6.45, 7) is 0.547. The molecule has 0 saturated carbocycles. The number of hydrogen-bond acceptors (Lipinski definition) is 2. The van der Waals surface area contributed by atoms with Crippen molar-refractivity contribution in [1.29, 1.82) is 0 Å². The maximum atomic E-state index is 10.8. The van der Waals surface area contributed by atoms with Crippen molar-refractivity contribution in [2.75, 3.05) is 19.3 Å². The monoisotopic (exact) mass is 164 g/mol. The molecule has 10 heavy (non-hydrogen) atoms. The summed E-state index contributed by atoms with van der Waals surface area (Å²) >= 11 is 0. The minimum atomic E-state index is -3.10. The average molecular weight is 164 g/mol. The van der Waals surface area contributed by atoms with Gasteiger partial charge in [0.05, 0.1) is 6.26 Å². The van der Waals surface area contributed by atoms with Crippen LogP contribution in [-0.2, 0) is 15.1 Å². The van der Waals surface area contributed by atoms with Crippen molar-refractivity contribution in [1.82, 2.24) is 4.31 Å². The van der Waals surface area contributed by atoms with Crippen LogP contribution >= 0.6 is 0 Å². The molecule has 0 spiro atoms. The van der Waals surface area contributed by atoms with Crippen LogP contribution < -0.4 is 0 Å². The van der Waals surface area contributed by atoms with Gasteiger partial charge in [0.2, 0.25) is 10.0 Å². The van der Waals surface area contributed by atoms with Gasteiger partial charge in [0, 0.05) is 13.1 Å². The third-order valence-electron chi connectivity index (χ3n) is 1.58. The highest BCUT2D eigenvalue weighted by molar-refractivity contribution is 7.88. The molecular weight excluding hydrogens is 154 g/mol. The van der Waals surface area contributed by atoms with E-state index in [9.17, 15) is 13.5 Å². The van der Waals surface area contributed by atoms with E-state index in [4.69, 9.17) is 0 Å². The molecular formula is C5H10NO3S. The second-order valence-electron chi connectivity index (χ2n) is 2.53. The van der Waals surface area contributed by atoms with Gasteiger partial charge in [-0.05, 0) is 6.42 Å². The smallest absolute Gasteiger partial charge is 0.211 e. The number of sulfonamides is 1. The summed E-state index contributed by atoms with van der Waals surface area (Å²) in [4.78, 5) is 0. The minimum absolute atomic E-state index is 0.152. The quantitative estimate of drug-likeness (QED) is 0.522. The highest BCUT2D eigenvalue weighted by Crippen LogP contribution is 2.11. The molecule has 5 heteroatoms. The Hall–Kier alpha value is -0.130. The lowest BCUT2D eigenvalue weighted by Crippen LogP contribution is -2.28. The first-order valence-electron chi connectivity index (χ1n) is 3.11. The van der Waals surface area contributed by atoms with Crippen LogP contribution in [-0.4, -0.2) is 38.2 Å². The predicted molar refractivity (Wildman–Crippen MR) is 35.5 cm³/mol. The molecule has 1 atom stereocenters. The summed E-state index contributed by atoms with van der Waals surface area (Å²) in [5.41, 5.74) is 0. The fraction of sp³-hybridized carbons (Fsp3) is 1.00. The minimum Gasteiger partial charge on any atom is -0.232 e. The number of rotatable bonds is 1. The third kappa shape index (κ3) is 1.68. The Balaban J connectivity index is 2.62. The summed E-state index contributed by atoms with van der Waals surface area (Å²) in [7, 11) is -3.10. The Morgan fingerprint density at radius 3 is 2.30 bits per heavy atom. The molecule has 0 aromatic heterocycles. The summed E-state index contributed by atoms with van der Waals surface area (Å²) in [6, 6.07) is 0. The molecule has 1 unspecified atom stereocenters. The number of nitrogens with zero attached hydrogens (tertiary/aromatic N) is 1. The fourth-order valence-electron chi connectivity index (χ4n) is 0.999. The Bertz CT molecular complexity index is 211. The maximum absolute atomic E-state index is 10.8. The van der Waals surface area contributed by atoms with Crippen LogP contribution in [0.25, 0.3) is 0 Å². The normalized spacial score (nSPS) is 29.2. The van der Waals surface area contributed by atoms with E-state index < -0.39 is 16.1 Å². The molecule has 1 aliphatic rings. The lowest BCUT2D eigenvalue weighted by Gasteiger charge is -2.09. The molecule has 1 heterocycles. The first-order chi connectivity index (χ1) is 4.50. The van der Waals surface area contributed by atoms with Gasteiger partial charge in [0.1, 0.15) is 6.10 Å². The molecule has 4 nitrogen and oxygen atoms in total. The van der Waals surface area contributed by atoms with Crippen LogP contribution in [0, 0.1) is 0 Å². The van der Waals surface area contributed by atoms with E-state index in [1.807, 2.05) is 0 Å². The van der Waals surface area contributed by atoms with Crippen LogP contribution in [0.2, 0.25) is 0 Å². The van der Waals surface area contributed by atoms with Crippen molar-refractivity contribution >= 4 is 10.0 Å². The molecule has 1 radical (unpaired) electrons. The zero-order valence-electron chi connectivity index (χ0n) is 5.78. The van der Waals surface area contributed by atoms with Crippen LogP contribution in [0.5, 0.6) is 0 Å². The molecule has 1 saturated heterocycles. The largest absolute Gasteiger partial charge is 0.232 e. The topological polar surface area (TPSA) is 57.3 Å². The molecule has 0 aromatic rings. The van der Waals surface area contributed by atoms with Gasteiger partial charge in [-0.1, -0.05) is 0 Å². The molecule has 0 aliphatic carbocycles. The third-order valence-corrected chi connectivity index (χ3v) is 2.85. The van der Waals surface area contributed by atoms with Crippen LogP contribution in [0.4, 0.5) is 0 Å². The summed E-state index contributed by atoms with van der Waals surface area (Å²) in [5, 5.41) is 10.7. The number of hydrogen-bond donors (Lipinski definition) is 0. The lowest BCUT2D eigenvalue weighted by atomic mass is 10.3. The highest BCUT2D eigenvalue weighted by atomic mass is 32.2. The van der Waals surface area contributed by atoms with Crippen LogP contribution in [0.3, 0.4) is 0 Å². The zero-order chi connectivity index (χ0) is 7.78.